The second kappa shape index (κ2) is 5.61. The highest BCUT2D eigenvalue weighted by Crippen LogP contribution is 2.22. The second-order valence-corrected chi connectivity index (χ2v) is 8.95. The van der Waals surface area contributed by atoms with E-state index in [1.54, 1.807) is 0 Å². The van der Waals surface area contributed by atoms with E-state index in [0.717, 1.165) is 0 Å². The van der Waals surface area contributed by atoms with Crippen molar-refractivity contribution in [3.8, 4) is 0 Å². The normalized spacial score (nSPS) is 28.7. The predicted molar refractivity (Wildman–Crippen MR) is 62.5 cm³/mol. The molecule has 1 nitrogen and oxygen atoms in total. The Hall–Kier alpha value is -0.0831. The summed E-state index contributed by atoms with van der Waals surface area (Å²) in [4.78, 5) is 3.79. The largest absolute Gasteiger partial charge is 0.337 e. The lowest BCUT2D eigenvalue weighted by molar-refractivity contribution is 0.674. The molecule has 0 amide bonds. The first kappa shape index (κ1) is 11.0. The first-order valence-electron chi connectivity index (χ1n) is 5.63. The molecule has 1 N–H and O–H groups in total. The maximum atomic E-state index is 3.79. The molecule has 13 heavy (non-hydrogen) atoms. The first-order valence-corrected chi connectivity index (χ1v) is 8.54. The van der Waals surface area contributed by atoms with Crippen LogP contribution in [0.3, 0.4) is 0 Å². The van der Waals surface area contributed by atoms with Gasteiger partial charge in [0.2, 0.25) is 0 Å². The topological polar surface area (TPSA) is 12.0 Å². The van der Waals surface area contributed by atoms with Crippen LogP contribution in [0.4, 0.5) is 0 Å². The van der Waals surface area contributed by atoms with Gasteiger partial charge < -0.3 is 4.98 Å². The van der Waals surface area contributed by atoms with Crippen LogP contribution < -0.4 is 4.98 Å². The Morgan fingerprint density at radius 1 is 1.38 bits per heavy atom. The van der Waals surface area contributed by atoms with Crippen LogP contribution in [0.1, 0.15) is 32.1 Å². The van der Waals surface area contributed by atoms with Gasteiger partial charge in [0.05, 0.1) is 0 Å². The first-order chi connectivity index (χ1) is 6.27. The van der Waals surface area contributed by atoms with E-state index in [2.05, 4.69) is 18.1 Å². The smallest absolute Gasteiger partial charge is 0.122 e. The molecule has 1 heterocycles. The Bertz CT molecular complexity index is 150. The van der Waals surface area contributed by atoms with Gasteiger partial charge in [-0.1, -0.05) is 31.9 Å². The molecule has 1 fully saturated rings. The summed E-state index contributed by atoms with van der Waals surface area (Å²) in [5.41, 5.74) is 0. The van der Waals surface area contributed by atoms with E-state index in [1.807, 2.05) is 6.08 Å². The average molecular weight is 197 g/mol. The molecule has 0 aromatic carbocycles. The van der Waals surface area contributed by atoms with Crippen molar-refractivity contribution in [3.63, 3.8) is 0 Å². The molecule has 0 saturated carbocycles. The fourth-order valence-electron chi connectivity index (χ4n) is 2.14. The van der Waals surface area contributed by atoms with Crippen LogP contribution in [-0.4, -0.2) is 14.8 Å². The van der Waals surface area contributed by atoms with Crippen molar-refractivity contribution in [1.82, 2.24) is 4.98 Å². The lowest BCUT2D eigenvalue weighted by atomic mass is 10.2. The van der Waals surface area contributed by atoms with Crippen molar-refractivity contribution >= 4 is 8.24 Å². The zero-order chi connectivity index (χ0) is 9.57. The van der Waals surface area contributed by atoms with E-state index in [9.17, 15) is 0 Å². The molecule has 0 bridgehead atoms. The number of rotatable bonds is 5. The molecule has 1 aliphatic rings. The highest BCUT2D eigenvalue weighted by atomic mass is 28.3. The van der Waals surface area contributed by atoms with Crippen LogP contribution in [0.5, 0.6) is 0 Å². The Balaban J connectivity index is 2.13. The number of unbranched alkanes of at least 4 members (excludes halogenated alkanes) is 2. The van der Waals surface area contributed by atoms with E-state index in [1.165, 1.54) is 50.7 Å². The molecular formula is C11H23NSi. The Morgan fingerprint density at radius 2 is 2.23 bits per heavy atom. The van der Waals surface area contributed by atoms with E-state index < -0.39 is 8.24 Å². The second-order valence-electron chi connectivity index (χ2n) is 4.48. The lowest BCUT2D eigenvalue weighted by Crippen LogP contribution is -2.50. The van der Waals surface area contributed by atoms with E-state index in [4.69, 9.17) is 0 Å². The molecule has 0 aromatic heterocycles. The summed E-state index contributed by atoms with van der Waals surface area (Å²) >= 11 is 0. The monoisotopic (exact) mass is 197 g/mol. The molecule has 0 aliphatic carbocycles. The third-order valence-corrected chi connectivity index (χ3v) is 7.11. The van der Waals surface area contributed by atoms with Crippen LogP contribution in [0.15, 0.2) is 12.7 Å². The van der Waals surface area contributed by atoms with Gasteiger partial charge in [0.25, 0.3) is 0 Å². The Morgan fingerprint density at radius 3 is 2.85 bits per heavy atom. The number of nitrogens with one attached hydrogen (secondary N) is 1. The maximum Gasteiger partial charge on any atom is 0.122 e. The molecule has 0 spiro atoms. The molecular weight excluding hydrogens is 174 g/mol. The highest BCUT2D eigenvalue weighted by Gasteiger charge is 2.27. The Kier molecular flexibility index (Phi) is 4.74. The van der Waals surface area contributed by atoms with Gasteiger partial charge in [-0.25, -0.2) is 0 Å². The lowest BCUT2D eigenvalue weighted by Gasteiger charge is -2.32. The summed E-state index contributed by atoms with van der Waals surface area (Å²) in [6.07, 6.45) is 8.85. The van der Waals surface area contributed by atoms with Crippen molar-refractivity contribution in [2.75, 3.05) is 6.54 Å². The van der Waals surface area contributed by atoms with Gasteiger partial charge in [0.15, 0.2) is 0 Å². The molecule has 76 valence electrons. The molecule has 1 unspecified atom stereocenters. The summed E-state index contributed by atoms with van der Waals surface area (Å²) in [7, 11) is -0.971. The fourth-order valence-corrected chi connectivity index (χ4v) is 5.58. The van der Waals surface area contributed by atoms with Gasteiger partial charge >= 0.3 is 0 Å². The van der Waals surface area contributed by atoms with Gasteiger partial charge in [-0.3, -0.25) is 0 Å². The minimum atomic E-state index is -0.971. The van der Waals surface area contributed by atoms with Crippen molar-refractivity contribution < 1.29 is 0 Å². The standard InChI is InChI=1S/C11H23NSi/c1-3-4-5-7-10-13(2)11-8-6-9-12-13/h3,12H,1,4-11H2,2H3. The summed E-state index contributed by atoms with van der Waals surface area (Å²) in [6.45, 7) is 7.55. The Labute approximate surface area is 83.7 Å². The zero-order valence-corrected chi connectivity index (χ0v) is 9.94. The van der Waals surface area contributed by atoms with Gasteiger partial charge in [-0.15, -0.1) is 6.58 Å². The molecule has 1 saturated heterocycles. The van der Waals surface area contributed by atoms with Crippen LogP contribution >= 0.6 is 0 Å². The van der Waals surface area contributed by atoms with Crippen LogP contribution in [0.25, 0.3) is 0 Å². The third-order valence-electron chi connectivity index (χ3n) is 3.09. The number of allylic oxidation sites excluding steroid dienone is 1. The summed E-state index contributed by atoms with van der Waals surface area (Å²) < 4.78 is 0. The summed E-state index contributed by atoms with van der Waals surface area (Å²) in [6, 6.07) is 2.97. The number of hydrogen-bond donors (Lipinski definition) is 1. The van der Waals surface area contributed by atoms with Crippen molar-refractivity contribution in [2.45, 2.75) is 50.7 Å². The van der Waals surface area contributed by atoms with Crippen molar-refractivity contribution in [1.29, 1.82) is 0 Å². The van der Waals surface area contributed by atoms with Gasteiger partial charge in [-0.2, -0.15) is 0 Å². The fraction of sp³-hybridized carbons (Fsp3) is 0.818. The van der Waals surface area contributed by atoms with Crippen LogP contribution in [-0.2, 0) is 0 Å². The zero-order valence-electron chi connectivity index (χ0n) is 8.94. The van der Waals surface area contributed by atoms with E-state index >= 15 is 0 Å². The third kappa shape index (κ3) is 4.10. The predicted octanol–water partition coefficient (Wildman–Crippen LogP) is 3.30. The summed E-state index contributed by atoms with van der Waals surface area (Å²) in [5, 5.41) is 0. The molecule has 0 radical (unpaired) electrons. The van der Waals surface area contributed by atoms with E-state index in [0.29, 0.717) is 0 Å². The minimum absolute atomic E-state index is 0.971. The van der Waals surface area contributed by atoms with Crippen molar-refractivity contribution in [3.05, 3.63) is 12.7 Å². The molecule has 0 aromatic rings. The molecule has 2 heteroatoms. The van der Waals surface area contributed by atoms with Crippen LogP contribution in [0.2, 0.25) is 18.6 Å². The van der Waals surface area contributed by atoms with E-state index in [-0.39, 0.29) is 0 Å². The average Bonchev–Trinajstić information content (AvgIpc) is 2.14. The van der Waals surface area contributed by atoms with Gasteiger partial charge in [0.1, 0.15) is 8.24 Å². The number of hydrogen-bond acceptors (Lipinski definition) is 1. The molecule has 1 aliphatic heterocycles. The minimum Gasteiger partial charge on any atom is -0.337 e. The molecule has 1 atom stereocenters. The van der Waals surface area contributed by atoms with Gasteiger partial charge in [0, 0.05) is 0 Å². The SMILES string of the molecule is C=CCCCC[Si]1(C)CCCCN1. The highest BCUT2D eigenvalue weighted by molar-refractivity contribution is 6.76. The van der Waals surface area contributed by atoms with Gasteiger partial charge in [-0.05, 0) is 31.5 Å². The quantitative estimate of drug-likeness (QED) is 0.405. The van der Waals surface area contributed by atoms with Crippen LogP contribution in [0, 0.1) is 0 Å². The maximum absolute atomic E-state index is 3.79. The molecule has 1 rings (SSSR count). The summed E-state index contributed by atoms with van der Waals surface area (Å²) in [5.74, 6) is 0. The van der Waals surface area contributed by atoms with Crippen molar-refractivity contribution in [2.24, 2.45) is 0 Å².